The number of unbranched alkanes of at least 4 members (excludes halogenated alkanes) is 5. The Bertz CT molecular complexity index is 1190. The van der Waals surface area contributed by atoms with Gasteiger partial charge in [0.15, 0.2) is 11.6 Å². The highest BCUT2D eigenvalue weighted by Gasteiger charge is 2.13. The van der Waals surface area contributed by atoms with Gasteiger partial charge in [-0.2, -0.15) is 5.26 Å². The van der Waals surface area contributed by atoms with Gasteiger partial charge in [0.2, 0.25) is 0 Å². The number of carbonyl (C=O) groups excluding carboxylic acids is 1. The molecule has 3 aromatic rings. The monoisotopic (exact) mass is 543 g/mol. The molecule has 0 radical (unpaired) electrons. The Kier molecular flexibility index (Phi) is 13.1. The largest absolute Gasteiger partial charge is 0.490 e. The molecule has 0 aliphatic heterocycles. The van der Waals surface area contributed by atoms with Crippen LogP contribution < -0.4 is 4.74 Å². The fourth-order valence-corrected chi connectivity index (χ4v) is 4.07. The second-order valence-corrected chi connectivity index (χ2v) is 9.99. The van der Waals surface area contributed by atoms with Crippen molar-refractivity contribution in [2.75, 3.05) is 19.8 Å². The predicted molar refractivity (Wildman–Crippen MR) is 157 cm³/mol. The molecule has 0 spiro atoms. The van der Waals surface area contributed by atoms with Gasteiger partial charge in [0.25, 0.3) is 0 Å². The molecule has 212 valence electrons. The lowest BCUT2D eigenvalue weighted by Gasteiger charge is -2.15. The molecule has 0 fully saturated rings. The van der Waals surface area contributed by atoms with Gasteiger partial charge >= 0.3 is 5.97 Å². The molecule has 7 heteroatoms. The Balaban J connectivity index is 1.46. The van der Waals surface area contributed by atoms with Crippen molar-refractivity contribution in [1.82, 2.24) is 9.97 Å². The quantitative estimate of drug-likeness (QED) is 0.127. The molecule has 2 unspecified atom stereocenters. The molecule has 0 saturated heterocycles. The summed E-state index contributed by atoms with van der Waals surface area (Å²) in [5.74, 6) is 0.791. The van der Waals surface area contributed by atoms with Gasteiger partial charge in [-0.15, -0.1) is 0 Å². The van der Waals surface area contributed by atoms with Crippen LogP contribution in [0.2, 0.25) is 0 Å². The van der Waals surface area contributed by atoms with Crippen molar-refractivity contribution in [3.05, 3.63) is 66.5 Å². The smallest absolute Gasteiger partial charge is 0.338 e. The van der Waals surface area contributed by atoms with Crippen LogP contribution in [0.15, 0.2) is 60.9 Å². The number of carbonyl (C=O) groups is 1. The molecule has 0 saturated carbocycles. The fraction of sp³-hybridized carbons (Fsp3) is 0.455. The van der Waals surface area contributed by atoms with E-state index in [0.717, 1.165) is 29.5 Å². The van der Waals surface area contributed by atoms with Crippen LogP contribution in [-0.2, 0) is 9.47 Å². The molecule has 7 nitrogen and oxygen atoms in total. The third kappa shape index (κ3) is 10.1. The molecule has 2 aromatic carbocycles. The number of nitriles is 1. The second kappa shape index (κ2) is 17.0. The summed E-state index contributed by atoms with van der Waals surface area (Å²) in [4.78, 5) is 21.4. The topological polar surface area (TPSA) is 94.3 Å². The summed E-state index contributed by atoms with van der Waals surface area (Å²) in [6.07, 6.45) is 11.3. The first kappa shape index (κ1) is 30.8. The third-order valence-electron chi connectivity index (χ3n) is 6.70. The third-order valence-corrected chi connectivity index (χ3v) is 6.70. The van der Waals surface area contributed by atoms with E-state index < -0.39 is 5.97 Å². The van der Waals surface area contributed by atoms with Crippen LogP contribution in [0.1, 0.15) is 76.1 Å². The molecule has 1 heterocycles. The highest BCUT2D eigenvalue weighted by molar-refractivity contribution is 5.90. The van der Waals surface area contributed by atoms with E-state index in [1.807, 2.05) is 50.2 Å². The van der Waals surface area contributed by atoms with Crippen LogP contribution in [-0.4, -0.2) is 41.9 Å². The molecule has 0 N–H and O–H groups in total. The van der Waals surface area contributed by atoms with Crippen molar-refractivity contribution >= 4 is 5.97 Å². The number of nitrogens with zero attached hydrogens (tertiary/aromatic N) is 3. The van der Waals surface area contributed by atoms with Gasteiger partial charge in [-0.05, 0) is 43.0 Å². The van der Waals surface area contributed by atoms with Crippen molar-refractivity contribution in [3.63, 3.8) is 0 Å². The van der Waals surface area contributed by atoms with Crippen LogP contribution in [0.3, 0.4) is 0 Å². The van der Waals surface area contributed by atoms with E-state index in [4.69, 9.17) is 19.5 Å². The van der Waals surface area contributed by atoms with E-state index in [0.29, 0.717) is 30.4 Å². The zero-order valence-corrected chi connectivity index (χ0v) is 24.0. The van der Waals surface area contributed by atoms with Crippen LogP contribution in [0.5, 0.6) is 5.75 Å². The summed E-state index contributed by atoms with van der Waals surface area (Å²) >= 11 is 0. The van der Waals surface area contributed by atoms with Crippen LogP contribution >= 0.6 is 0 Å². The zero-order chi connectivity index (χ0) is 28.6. The lowest BCUT2D eigenvalue weighted by atomic mass is 10.0. The van der Waals surface area contributed by atoms with Crippen LogP contribution in [0, 0.1) is 17.2 Å². The minimum absolute atomic E-state index is 0.137. The molecular formula is C33H41N3O4. The Morgan fingerprint density at radius 2 is 1.45 bits per heavy atom. The standard InChI is InChI=1S/C33H41N3O4/c1-4-6-7-8-9-10-19-38-31-21-35-32(36-22-31)29-15-11-27(12-16-29)28-13-17-30(18-14-28)33(37)40-23-25(3)39-24-26(5-2)20-34/h11-18,21-22,25-26H,4-10,19,23-24H2,1-3H3. The van der Waals surface area contributed by atoms with Crippen molar-refractivity contribution in [2.45, 2.75) is 71.8 Å². The minimum Gasteiger partial charge on any atom is -0.490 e. The van der Waals surface area contributed by atoms with E-state index >= 15 is 0 Å². The molecule has 0 amide bonds. The lowest BCUT2D eigenvalue weighted by Crippen LogP contribution is -2.21. The number of aromatic nitrogens is 2. The van der Waals surface area contributed by atoms with Gasteiger partial charge in [-0.1, -0.05) is 82.3 Å². The van der Waals surface area contributed by atoms with Crippen molar-refractivity contribution in [2.24, 2.45) is 5.92 Å². The van der Waals surface area contributed by atoms with Crippen molar-refractivity contribution in [1.29, 1.82) is 5.26 Å². The summed E-state index contributed by atoms with van der Waals surface area (Å²) < 4.78 is 16.8. The zero-order valence-electron chi connectivity index (χ0n) is 24.0. The summed E-state index contributed by atoms with van der Waals surface area (Å²) in [7, 11) is 0. The summed E-state index contributed by atoms with van der Waals surface area (Å²) in [5, 5.41) is 9.01. The molecule has 2 atom stereocenters. The Labute approximate surface area is 238 Å². The lowest BCUT2D eigenvalue weighted by molar-refractivity contribution is -0.00693. The first-order valence-corrected chi connectivity index (χ1v) is 14.4. The Hall–Kier alpha value is -3.76. The maximum atomic E-state index is 12.4. The first-order chi connectivity index (χ1) is 19.5. The summed E-state index contributed by atoms with van der Waals surface area (Å²) in [6, 6.07) is 17.5. The molecule has 1 aromatic heterocycles. The Morgan fingerprint density at radius 3 is 2.08 bits per heavy atom. The predicted octanol–water partition coefficient (Wildman–Crippen LogP) is 7.66. The maximum absolute atomic E-state index is 12.4. The van der Waals surface area contributed by atoms with Crippen LogP contribution in [0.25, 0.3) is 22.5 Å². The van der Waals surface area contributed by atoms with Gasteiger partial charge < -0.3 is 14.2 Å². The van der Waals surface area contributed by atoms with E-state index in [1.165, 1.54) is 32.1 Å². The van der Waals surface area contributed by atoms with Gasteiger partial charge in [-0.3, -0.25) is 0 Å². The number of hydrogen-bond acceptors (Lipinski definition) is 7. The van der Waals surface area contributed by atoms with E-state index in [9.17, 15) is 4.79 Å². The van der Waals surface area contributed by atoms with Gasteiger partial charge in [0, 0.05) is 5.56 Å². The molecular weight excluding hydrogens is 502 g/mol. The highest BCUT2D eigenvalue weighted by atomic mass is 16.6. The maximum Gasteiger partial charge on any atom is 0.338 e. The molecule has 40 heavy (non-hydrogen) atoms. The Morgan fingerprint density at radius 1 is 0.850 bits per heavy atom. The number of ether oxygens (including phenoxy) is 3. The summed E-state index contributed by atoms with van der Waals surface area (Å²) in [6.45, 7) is 7.17. The van der Waals surface area contributed by atoms with E-state index in [-0.39, 0.29) is 18.6 Å². The number of benzene rings is 2. The number of esters is 1. The average molecular weight is 544 g/mol. The molecule has 0 bridgehead atoms. The average Bonchev–Trinajstić information content (AvgIpc) is 3.00. The molecule has 0 aliphatic rings. The van der Waals surface area contributed by atoms with Gasteiger partial charge in [0.05, 0.1) is 49.3 Å². The highest BCUT2D eigenvalue weighted by Crippen LogP contribution is 2.24. The first-order valence-electron chi connectivity index (χ1n) is 14.4. The fourth-order valence-electron chi connectivity index (χ4n) is 4.07. The van der Waals surface area contributed by atoms with Crippen molar-refractivity contribution in [3.8, 4) is 34.3 Å². The molecule has 3 rings (SSSR count). The SMILES string of the molecule is CCCCCCCCOc1cnc(-c2ccc(-c3ccc(C(=O)OCC(C)OCC(C#N)CC)cc3)cc2)nc1. The van der Waals surface area contributed by atoms with E-state index in [2.05, 4.69) is 23.0 Å². The van der Waals surface area contributed by atoms with Crippen LogP contribution in [0.4, 0.5) is 0 Å². The second-order valence-electron chi connectivity index (χ2n) is 9.99. The molecule has 0 aliphatic carbocycles. The van der Waals surface area contributed by atoms with E-state index in [1.54, 1.807) is 24.5 Å². The summed E-state index contributed by atoms with van der Waals surface area (Å²) in [5.41, 5.74) is 3.40. The van der Waals surface area contributed by atoms with Gasteiger partial charge in [0.1, 0.15) is 6.61 Å². The number of hydrogen-bond donors (Lipinski definition) is 0. The number of rotatable bonds is 17. The minimum atomic E-state index is -0.402. The van der Waals surface area contributed by atoms with Gasteiger partial charge in [-0.25, -0.2) is 14.8 Å². The normalized spacial score (nSPS) is 12.3. The van der Waals surface area contributed by atoms with Crippen molar-refractivity contribution < 1.29 is 19.0 Å².